The minimum atomic E-state index is -4.50. The molecule has 1 atom stereocenters. The second-order valence-electron chi connectivity index (χ2n) is 3.02. The van der Waals surface area contributed by atoms with E-state index in [1.807, 2.05) is 0 Å². The Hall–Kier alpha value is -1.10. The molecule has 1 nitrogen and oxygen atoms in total. The molecule has 1 aromatic rings. The Morgan fingerprint density at radius 1 is 1.29 bits per heavy atom. The van der Waals surface area contributed by atoms with Crippen molar-refractivity contribution in [3.05, 3.63) is 35.1 Å². The van der Waals surface area contributed by atoms with E-state index in [0.29, 0.717) is 0 Å². The van der Waals surface area contributed by atoms with Gasteiger partial charge in [-0.25, -0.2) is 4.39 Å². The second-order valence-corrected chi connectivity index (χ2v) is 3.02. The molecule has 0 aliphatic rings. The van der Waals surface area contributed by atoms with E-state index in [1.54, 1.807) is 0 Å². The third-order valence-corrected chi connectivity index (χ3v) is 1.92. The largest absolute Gasteiger partial charge is 0.407 e. The third kappa shape index (κ3) is 2.23. The van der Waals surface area contributed by atoms with Crippen molar-refractivity contribution in [2.24, 2.45) is 5.73 Å². The van der Waals surface area contributed by atoms with E-state index < -0.39 is 18.0 Å². The first kappa shape index (κ1) is 11.0. The van der Waals surface area contributed by atoms with Gasteiger partial charge in [-0.1, -0.05) is 6.07 Å². The van der Waals surface area contributed by atoms with Gasteiger partial charge in [0.15, 0.2) is 0 Å². The average Bonchev–Trinajstić information content (AvgIpc) is 2.01. The first-order valence-electron chi connectivity index (χ1n) is 3.90. The lowest BCUT2D eigenvalue weighted by Gasteiger charge is -2.17. The van der Waals surface area contributed by atoms with Crippen LogP contribution in [0.4, 0.5) is 17.6 Å². The van der Waals surface area contributed by atoms with E-state index in [4.69, 9.17) is 5.73 Å². The number of halogens is 4. The molecule has 0 spiro atoms. The third-order valence-electron chi connectivity index (χ3n) is 1.92. The predicted octanol–water partition coefficient (Wildman–Crippen LogP) is 2.70. The van der Waals surface area contributed by atoms with E-state index in [-0.39, 0.29) is 11.1 Å². The smallest absolute Gasteiger partial charge is 0.316 e. The van der Waals surface area contributed by atoms with Crippen LogP contribution in [0.15, 0.2) is 18.2 Å². The Balaban J connectivity index is 3.08. The summed E-state index contributed by atoms with van der Waals surface area (Å²) >= 11 is 0. The van der Waals surface area contributed by atoms with Crippen LogP contribution in [-0.2, 0) is 0 Å². The fourth-order valence-electron chi connectivity index (χ4n) is 1.16. The maximum Gasteiger partial charge on any atom is 0.407 e. The molecule has 0 bridgehead atoms. The van der Waals surface area contributed by atoms with Crippen LogP contribution in [0.1, 0.15) is 17.2 Å². The molecular weight excluding hydrogens is 198 g/mol. The van der Waals surface area contributed by atoms with Crippen molar-refractivity contribution in [2.45, 2.75) is 19.1 Å². The highest BCUT2D eigenvalue weighted by Gasteiger charge is 2.38. The summed E-state index contributed by atoms with van der Waals surface area (Å²) in [5.74, 6) is -0.569. The van der Waals surface area contributed by atoms with Gasteiger partial charge in [0, 0.05) is 0 Å². The Bertz CT molecular complexity index is 332. The van der Waals surface area contributed by atoms with Crippen molar-refractivity contribution in [3.63, 3.8) is 0 Å². The van der Waals surface area contributed by atoms with Gasteiger partial charge in [0.05, 0.1) is 0 Å². The van der Waals surface area contributed by atoms with Gasteiger partial charge in [-0.15, -0.1) is 0 Å². The van der Waals surface area contributed by atoms with Gasteiger partial charge in [-0.3, -0.25) is 0 Å². The molecule has 0 aliphatic heterocycles. The summed E-state index contributed by atoms with van der Waals surface area (Å²) in [6.45, 7) is 1.39. The second kappa shape index (κ2) is 3.57. The van der Waals surface area contributed by atoms with Crippen LogP contribution < -0.4 is 5.73 Å². The minimum absolute atomic E-state index is 0.0982. The number of benzene rings is 1. The van der Waals surface area contributed by atoms with Gasteiger partial charge in [0.25, 0.3) is 0 Å². The summed E-state index contributed by atoms with van der Waals surface area (Å²) in [5, 5.41) is 0. The fourth-order valence-corrected chi connectivity index (χ4v) is 1.16. The van der Waals surface area contributed by atoms with E-state index in [9.17, 15) is 17.6 Å². The molecule has 2 N–H and O–H groups in total. The number of hydrogen-bond acceptors (Lipinski definition) is 1. The lowest BCUT2D eigenvalue weighted by Crippen LogP contribution is -2.29. The summed E-state index contributed by atoms with van der Waals surface area (Å²) < 4.78 is 49.2. The van der Waals surface area contributed by atoms with Gasteiger partial charge in [0.1, 0.15) is 11.9 Å². The first-order chi connectivity index (χ1) is 6.32. The highest BCUT2D eigenvalue weighted by atomic mass is 19.4. The monoisotopic (exact) mass is 207 g/mol. The Morgan fingerprint density at radius 3 is 2.29 bits per heavy atom. The lowest BCUT2D eigenvalue weighted by atomic mass is 10.0. The standard InChI is InChI=1S/C9H9F4N/c1-5-4-6(10)2-3-7(5)8(14)9(11,12)13/h2-4,8H,14H2,1H3. The van der Waals surface area contributed by atoms with Crippen LogP contribution in [0.2, 0.25) is 0 Å². The number of hydrogen-bond donors (Lipinski definition) is 1. The van der Waals surface area contributed by atoms with Crippen LogP contribution in [0.25, 0.3) is 0 Å². The molecule has 1 rings (SSSR count). The Labute approximate surface area is 78.5 Å². The minimum Gasteiger partial charge on any atom is -0.316 e. The van der Waals surface area contributed by atoms with Gasteiger partial charge in [-0.2, -0.15) is 13.2 Å². The lowest BCUT2D eigenvalue weighted by molar-refractivity contribution is -0.149. The number of rotatable bonds is 1. The van der Waals surface area contributed by atoms with Gasteiger partial charge in [-0.05, 0) is 30.2 Å². The number of nitrogens with two attached hydrogens (primary N) is 1. The summed E-state index contributed by atoms with van der Waals surface area (Å²) in [6, 6.07) is 1.00. The molecule has 0 radical (unpaired) electrons. The van der Waals surface area contributed by atoms with Crippen molar-refractivity contribution in [3.8, 4) is 0 Å². The highest BCUT2D eigenvalue weighted by molar-refractivity contribution is 5.30. The maximum absolute atomic E-state index is 12.6. The molecule has 0 fully saturated rings. The van der Waals surface area contributed by atoms with Crippen molar-refractivity contribution >= 4 is 0 Å². The SMILES string of the molecule is Cc1cc(F)ccc1C(N)C(F)(F)F. The summed E-state index contributed by atoms with van der Waals surface area (Å²) in [6.07, 6.45) is -4.50. The molecule has 0 amide bonds. The normalized spacial score (nSPS) is 14.1. The molecule has 78 valence electrons. The molecule has 0 heterocycles. The zero-order valence-corrected chi connectivity index (χ0v) is 7.40. The van der Waals surface area contributed by atoms with E-state index in [2.05, 4.69) is 0 Å². The van der Waals surface area contributed by atoms with Crippen LogP contribution in [0.3, 0.4) is 0 Å². The van der Waals surface area contributed by atoms with Gasteiger partial charge < -0.3 is 5.73 Å². The van der Waals surface area contributed by atoms with Gasteiger partial charge >= 0.3 is 6.18 Å². The first-order valence-corrected chi connectivity index (χ1v) is 3.90. The van der Waals surface area contributed by atoms with E-state index >= 15 is 0 Å². The van der Waals surface area contributed by atoms with Gasteiger partial charge in [0.2, 0.25) is 0 Å². The van der Waals surface area contributed by atoms with E-state index in [1.165, 1.54) is 6.92 Å². The number of aryl methyl sites for hydroxylation is 1. The van der Waals surface area contributed by atoms with Crippen molar-refractivity contribution in [1.29, 1.82) is 0 Å². The quantitative estimate of drug-likeness (QED) is 0.704. The van der Waals surface area contributed by atoms with Crippen molar-refractivity contribution < 1.29 is 17.6 Å². The number of alkyl halides is 3. The van der Waals surface area contributed by atoms with E-state index in [0.717, 1.165) is 18.2 Å². The summed E-state index contributed by atoms with van der Waals surface area (Å²) in [4.78, 5) is 0. The van der Waals surface area contributed by atoms with Crippen LogP contribution in [0.5, 0.6) is 0 Å². The van der Waals surface area contributed by atoms with Crippen molar-refractivity contribution in [1.82, 2.24) is 0 Å². The topological polar surface area (TPSA) is 26.0 Å². The Kier molecular flexibility index (Phi) is 2.80. The Morgan fingerprint density at radius 2 is 1.86 bits per heavy atom. The summed E-state index contributed by atoms with van der Waals surface area (Å²) in [7, 11) is 0. The maximum atomic E-state index is 12.6. The molecule has 0 saturated carbocycles. The fraction of sp³-hybridized carbons (Fsp3) is 0.333. The van der Waals surface area contributed by atoms with Crippen LogP contribution in [-0.4, -0.2) is 6.18 Å². The molecule has 1 unspecified atom stereocenters. The molecule has 5 heteroatoms. The molecular formula is C9H9F4N. The van der Waals surface area contributed by atoms with Crippen LogP contribution in [0, 0.1) is 12.7 Å². The zero-order chi connectivity index (χ0) is 10.9. The molecule has 14 heavy (non-hydrogen) atoms. The summed E-state index contributed by atoms with van der Waals surface area (Å²) in [5.41, 5.74) is 5.08. The molecule has 1 aromatic carbocycles. The molecule has 0 aromatic heterocycles. The average molecular weight is 207 g/mol. The molecule has 0 saturated heterocycles. The van der Waals surface area contributed by atoms with Crippen molar-refractivity contribution in [2.75, 3.05) is 0 Å². The predicted molar refractivity (Wildman–Crippen MR) is 44.1 cm³/mol. The zero-order valence-electron chi connectivity index (χ0n) is 7.40. The molecule has 0 aliphatic carbocycles. The highest BCUT2D eigenvalue weighted by Crippen LogP contribution is 2.32. The van der Waals surface area contributed by atoms with Crippen LogP contribution >= 0.6 is 0 Å².